The summed E-state index contributed by atoms with van der Waals surface area (Å²) in [6.45, 7) is 1.20. The Bertz CT molecular complexity index is 404. The van der Waals surface area contributed by atoms with Crippen molar-refractivity contribution < 1.29 is 14.6 Å². The van der Waals surface area contributed by atoms with Crippen molar-refractivity contribution in [3.05, 3.63) is 10.7 Å². The number of aromatic nitrogens is 2. The zero-order valence-electron chi connectivity index (χ0n) is 7.81. The van der Waals surface area contributed by atoms with Crippen molar-refractivity contribution in [2.45, 2.75) is 19.0 Å². The topological polar surface area (TPSA) is 90.4 Å². The Kier molecular flexibility index (Phi) is 2.54. The second-order valence-corrected chi connectivity index (χ2v) is 3.61. The Balaban J connectivity index is 2.46. The third kappa shape index (κ3) is 1.66. The molecule has 1 atom stereocenters. The SMILES string of the molecule is NC(C(=O)O)c1c(Cl)nn2c1OCCC2. The normalized spacial score (nSPS) is 16.7. The van der Waals surface area contributed by atoms with Crippen LogP contribution < -0.4 is 10.5 Å². The molecule has 1 aromatic rings. The molecule has 1 aliphatic rings. The fourth-order valence-corrected chi connectivity index (χ4v) is 1.79. The van der Waals surface area contributed by atoms with Crippen LogP contribution in [-0.2, 0) is 11.3 Å². The van der Waals surface area contributed by atoms with Gasteiger partial charge in [-0.1, -0.05) is 11.6 Å². The summed E-state index contributed by atoms with van der Waals surface area (Å²) in [5.74, 6) is -0.775. The quantitative estimate of drug-likeness (QED) is 0.769. The van der Waals surface area contributed by atoms with E-state index in [4.69, 9.17) is 27.2 Å². The number of rotatable bonds is 2. The van der Waals surface area contributed by atoms with Gasteiger partial charge < -0.3 is 15.6 Å². The van der Waals surface area contributed by atoms with Gasteiger partial charge in [0.25, 0.3) is 0 Å². The monoisotopic (exact) mass is 231 g/mol. The van der Waals surface area contributed by atoms with Crippen LogP contribution in [0.2, 0.25) is 5.15 Å². The maximum absolute atomic E-state index is 10.8. The molecule has 1 unspecified atom stereocenters. The van der Waals surface area contributed by atoms with Crippen LogP contribution in [0.3, 0.4) is 0 Å². The van der Waals surface area contributed by atoms with E-state index in [0.29, 0.717) is 19.0 Å². The number of carboxylic acid groups (broad SMARTS) is 1. The van der Waals surface area contributed by atoms with Gasteiger partial charge in [0.15, 0.2) is 5.15 Å². The smallest absolute Gasteiger partial charge is 0.325 e. The van der Waals surface area contributed by atoms with Crippen LogP contribution in [0.4, 0.5) is 0 Å². The number of nitrogens with zero attached hydrogens (tertiary/aromatic N) is 2. The van der Waals surface area contributed by atoms with Gasteiger partial charge >= 0.3 is 5.97 Å². The van der Waals surface area contributed by atoms with E-state index in [-0.39, 0.29) is 10.7 Å². The molecular formula is C8H10ClN3O3. The Morgan fingerprint density at radius 2 is 2.47 bits per heavy atom. The van der Waals surface area contributed by atoms with Gasteiger partial charge in [0.1, 0.15) is 6.04 Å². The Morgan fingerprint density at radius 3 is 3.13 bits per heavy atom. The van der Waals surface area contributed by atoms with Crippen LogP contribution in [0.5, 0.6) is 5.88 Å². The Hall–Kier alpha value is -1.27. The molecule has 15 heavy (non-hydrogen) atoms. The van der Waals surface area contributed by atoms with E-state index < -0.39 is 12.0 Å². The molecule has 6 nitrogen and oxygen atoms in total. The van der Waals surface area contributed by atoms with Crippen LogP contribution in [0.25, 0.3) is 0 Å². The van der Waals surface area contributed by atoms with Crippen LogP contribution in [0.1, 0.15) is 18.0 Å². The fraction of sp³-hybridized carbons (Fsp3) is 0.500. The van der Waals surface area contributed by atoms with Crippen LogP contribution >= 0.6 is 11.6 Å². The van der Waals surface area contributed by atoms with Crippen molar-refractivity contribution in [3.8, 4) is 5.88 Å². The number of hydrogen-bond acceptors (Lipinski definition) is 4. The van der Waals surface area contributed by atoms with Gasteiger partial charge in [-0.05, 0) is 0 Å². The van der Waals surface area contributed by atoms with Gasteiger partial charge in [-0.3, -0.25) is 4.79 Å². The summed E-state index contributed by atoms with van der Waals surface area (Å²) in [6, 6.07) is -1.20. The molecule has 82 valence electrons. The number of carbonyl (C=O) groups is 1. The molecule has 2 rings (SSSR count). The van der Waals surface area contributed by atoms with Gasteiger partial charge in [-0.2, -0.15) is 5.10 Å². The molecule has 0 aliphatic carbocycles. The maximum atomic E-state index is 10.8. The van der Waals surface area contributed by atoms with E-state index in [1.807, 2.05) is 0 Å². The zero-order chi connectivity index (χ0) is 11.0. The molecule has 1 aromatic heterocycles. The van der Waals surface area contributed by atoms with E-state index in [1.165, 1.54) is 0 Å². The number of aliphatic carboxylic acids is 1. The average Bonchev–Trinajstić information content (AvgIpc) is 2.52. The third-order valence-corrected chi connectivity index (χ3v) is 2.50. The van der Waals surface area contributed by atoms with E-state index in [9.17, 15) is 4.79 Å². The average molecular weight is 232 g/mol. The highest BCUT2D eigenvalue weighted by molar-refractivity contribution is 6.30. The van der Waals surface area contributed by atoms with Crippen molar-refractivity contribution in [1.82, 2.24) is 9.78 Å². The van der Waals surface area contributed by atoms with E-state index in [1.54, 1.807) is 4.68 Å². The molecule has 0 saturated heterocycles. The Labute approximate surface area is 90.6 Å². The first-order valence-electron chi connectivity index (χ1n) is 4.48. The summed E-state index contributed by atoms with van der Waals surface area (Å²) in [4.78, 5) is 10.8. The lowest BCUT2D eigenvalue weighted by atomic mass is 10.1. The summed E-state index contributed by atoms with van der Waals surface area (Å²) in [6.07, 6.45) is 0.826. The summed E-state index contributed by atoms with van der Waals surface area (Å²) in [5, 5.41) is 12.9. The van der Waals surface area contributed by atoms with Crippen molar-refractivity contribution in [1.29, 1.82) is 0 Å². The second kappa shape index (κ2) is 3.71. The molecule has 3 N–H and O–H groups in total. The van der Waals surface area contributed by atoms with Gasteiger partial charge in [0.05, 0.1) is 12.2 Å². The van der Waals surface area contributed by atoms with Gasteiger partial charge in [-0.25, -0.2) is 4.68 Å². The zero-order valence-corrected chi connectivity index (χ0v) is 8.57. The largest absolute Gasteiger partial charge is 0.480 e. The summed E-state index contributed by atoms with van der Waals surface area (Å²) < 4.78 is 6.86. The van der Waals surface area contributed by atoms with Gasteiger partial charge in [0, 0.05) is 13.0 Å². The second-order valence-electron chi connectivity index (χ2n) is 3.25. The molecule has 0 spiro atoms. The number of halogens is 1. The minimum absolute atomic E-state index is 0.0989. The predicted molar refractivity (Wildman–Crippen MR) is 51.9 cm³/mol. The van der Waals surface area contributed by atoms with E-state index in [2.05, 4.69) is 5.10 Å². The van der Waals surface area contributed by atoms with Crippen LogP contribution in [0, 0.1) is 0 Å². The highest BCUT2D eigenvalue weighted by atomic mass is 35.5. The molecule has 7 heteroatoms. The molecule has 0 radical (unpaired) electrons. The van der Waals surface area contributed by atoms with Crippen LogP contribution in [-0.4, -0.2) is 27.5 Å². The molecule has 0 saturated carbocycles. The number of carboxylic acids is 1. The first-order valence-corrected chi connectivity index (χ1v) is 4.86. The number of hydrogen-bond donors (Lipinski definition) is 2. The summed E-state index contributed by atoms with van der Waals surface area (Å²) in [5.41, 5.74) is 5.74. The van der Waals surface area contributed by atoms with E-state index >= 15 is 0 Å². The first kappa shape index (κ1) is 10.3. The number of ether oxygens (including phenoxy) is 1. The summed E-state index contributed by atoms with van der Waals surface area (Å²) in [7, 11) is 0. The standard InChI is InChI=1S/C8H10ClN3O3/c9-6-4(5(10)8(13)14)7-12(11-6)2-1-3-15-7/h5H,1-3,10H2,(H,13,14). The van der Waals surface area contributed by atoms with Crippen molar-refractivity contribution in [2.24, 2.45) is 5.73 Å². The fourth-order valence-electron chi connectivity index (χ4n) is 1.50. The molecule has 0 fully saturated rings. The lowest BCUT2D eigenvalue weighted by molar-refractivity contribution is -0.138. The molecule has 2 heterocycles. The number of fused-ring (bicyclic) bond motifs is 1. The molecule has 1 aliphatic heterocycles. The van der Waals surface area contributed by atoms with Crippen LogP contribution in [0.15, 0.2) is 0 Å². The van der Waals surface area contributed by atoms with Crippen molar-refractivity contribution in [3.63, 3.8) is 0 Å². The van der Waals surface area contributed by atoms with Gasteiger partial charge in [-0.15, -0.1) is 0 Å². The highest BCUT2D eigenvalue weighted by Gasteiger charge is 2.29. The Morgan fingerprint density at radius 1 is 1.73 bits per heavy atom. The van der Waals surface area contributed by atoms with Crippen molar-refractivity contribution >= 4 is 17.6 Å². The molecular weight excluding hydrogens is 222 g/mol. The molecule has 0 bridgehead atoms. The molecule has 0 amide bonds. The first-order chi connectivity index (χ1) is 7.11. The van der Waals surface area contributed by atoms with E-state index in [0.717, 1.165) is 6.42 Å². The maximum Gasteiger partial charge on any atom is 0.325 e. The molecule has 0 aromatic carbocycles. The predicted octanol–water partition coefficient (Wildman–Crippen LogP) is 0.403. The summed E-state index contributed by atoms with van der Waals surface area (Å²) >= 11 is 5.82. The third-order valence-electron chi connectivity index (χ3n) is 2.23. The minimum atomic E-state index is -1.20. The highest BCUT2D eigenvalue weighted by Crippen LogP contribution is 2.33. The lowest BCUT2D eigenvalue weighted by Gasteiger charge is -2.16. The lowest BCUT2D eigenvalue weighted by Crippen LogP contribution is -2.23. The van der Waals surface area contributed by atoms with Gasteiger partial charge in [0.2, 0.25) is 5.88 Å². The minimum Gasteiger partial charge on any atom is -0.480 e. The number of nitrogens with two attached hydrogens (primary N) is 1. The number of aryl methyl sites for hydroxylation is 1. The van der Waals surface area contributed by atoms with Crippen molar-refractivity contribution in [2.75, 3.05) is 6.61 Å².